The molecule has 0 bridgehead atoms. The fraction of sp³-hybridized carbons (Fsp3) is 0.750. The maximum atomic E-state index is 13.5. The molecule has 0 aromatic carbocycles. The van der Waals surface area contributed by atoms with E-state index < -0.39 is 5.41 Å². The van der Waals surface area contributed by atoms with Gasteiger partial charge in [0.05, 0.1) is 11.1 Å². The van der Waals surface area contributed by atoms with E-state index >= 15 is 0 Å². The Bertz CT molecular complexity index is 724. The van der Waals surface area contributed by atoms with Crippen LogP contribution in [-0.2, 0) is 16.1 Å². The summed E-state index contributed by atoms with van der Waals surface area (Å²) in [5.41, 5.74) is 0.485. The topological polar surface area (TPSA) is 61.7 Å². The minimum atomic E-state index is -0.426. The second-order valence-corrected chi connectivity index (χ2v) is 8.80. The first-order valence-corrected chi connectivity index (χ1v) is 10.2. The molecule has 148 valence electrons. The summed E-state index contributed by atoms with van der Waals surface area (Å²) in [6.07, 6.45) is 4.04. The van der Waals surface area contributed by atoms with Crippen LogP contribution in [0.4, 0.5) is 0 Å². The molecule has 3 aliphatic heterocycles. The number of rotatable bonds is 4. The summed E-state index contributed by atoms with van der Waals surface area (Å²) in [4.78, 5) is 32.7. The fourth-order valence-electron chi connectivity index (χ4n) is 5.01. The minimum absolute atomic E-state index is 0.0668. The number of carbonyl (C=O) groups is 2. The highest BCUT2D eigenvalue weighted by Crippen LogP contribution is 2.45. The van der Waals surface area contributed by atoms with E-state index in [2.05, 4.69) is 23.8 Å². The lowest BCUT2D eigenvalue weighted by Gasteiger charge is -2.33. The predicted molar refractivity (Wildman–Crippen MR) is 102 cm³/mol. The van der Waals surface area contributed by atoms with Crippen molar-refractivity contribution >= 4 is 11.8 Å². The van der Waals surface area contributed by atoms with Gasteiger partial charge in [0.25, 0.3) is 0 Å². The highest BCUT2D eigenvalue weighted by atomic mass is 16.2. The van der Waals surface area contributed by atoms with Gasteiger partial charge >= 0.3 is 0 Å². The summed E-state index contributed by atoms with van der Waals surface area (Å²) >= 11 is 0. The Morgan fingerprint density at radius 1 is 1.19 bits per heavy atom. The molecular weight excluding hydrogens is 342 g/mol. The molecule has 7 heteroatoms. The third kappa shape index (κ3) is 3.26. The van der Waals surface area contributed by atoms with Crippen molar-refractivity contribution in [2.24, 2.45) is 11.3 Å². The predicted octanol–water partition coefficient (Wildman–Crippen LogP) is 0.983. The zero-order valence-corrected chi connectivity index (χ0v) is 16.7. The zero-order valence-electron chi connectivity index (χ0n) is 16.7. The van der Waals surface area contributed by atoms with Crippen LogP contribution in [0, 0.1) is 18.3 Å². The molecule has 4 rings (SSSR count). The molecule has 0 saturated carbocycles. The van der Waals surface area contributed by atoms with Crippen LogP contribution in [0.1, 0.15) is 32.4 Å². The molecule has 27 heavy (non-hydrogen) atoms. The van der Waals surface area contributed by atoms with E-state index in [1.807, 2.05) is 29.0 Å². The highest BCUT2D eigenvalue weighted by molar-refractivity contribution is 5.87. The summed E-state index contributed by atoms with van der Waals surface area (Å²) < 4.78 is 1.70. The molecule has 4 heterocycles. The van der Waals surface area contributed by atoms with Crippen LogP contribution < -0.4 is 0 Å². The monoisotopic (exact) mass is 373 g/mol. The van der Waals surface area contributed by atoms with Gasteiger partial charge < -0.3 is 9.80 Å². The van der Waals surface area contributed by atoms with Crippen LogP contribution in [-0.4, -0.2) is 81.6 Å². The lowest BCUT2D eigenvalue weighted by Crippen LogP contribution is -2.49. The van der Waals surface area contributed by atoms with Gasteiger partial charge in [-0.3, -0.25) is 19.2 Å². The van der Waals surface area contributed by atoms with Gasteiger partial charge in [-0.25, -0.2) is 0 Å². The Balaban J connectivity index is 1.52. The fourth-order valence-corrected chi connectivity index (χ4v) is 5.01. The Labute approximate surface area is 161 Å². The standard InChI is InChI=1S/C20H31N5O2/c1-15(2)23-10-17-11-24(18(26)12-25-9-6-16(3)21-25)14-20(17,13-23)19(27)22-7-4-5-8-22/h6,9,15,17H,4-5,7-8,10-14H2,1-3H3/t17-,20-/m0/s1. The summed E-state index contributed by atoms with van der Waals surface area (Å²) in [7, 11) is 0. The molecular formula is C20H31N5O2. The quantitative estimate of drug-likeness (QED) is 0.789. The first kappa shape index (κ1) is 18.5. The van der Waals surface area contributed by atoms with E-state index in [0.717, 1.165) is 44.7 Å². The summed E-state index contributed by atoms with van der Waals surface area (Å²) in [6.45, 7) is 11.2. The second-order valence-electron chi connectivity index (χ2n) is 8.80. The lowest BCUT2D eigenvalue weighted by molar-refractivity contribution is -0.141. The summed E-state index contributed by atoms with van der Waals surface area (Å²) in [5.74, 6) is 0.576. The number of aromatic nitrogens is 2. The Hall–Kier alpha value is -1.89. The highest BCUT2D eigenvalue weighted by Gasteiger charge is 2.59. The van der Waals surface area contributed by atoms with Crippen molar-refractivity contribution in [2.75, 3.05) is 39.3 Å². The van der Waals surface area contributed by atoms with Crippen molar-refractivity contribution in [3.63, 3.8) is 0 Å². The number of amides is 2. The van der Waals surface area contributed by atoms with Crippen molar-refractivity contribution in [1.29, 1.82) is 0 Å². The van der Waals surface area contributed by atoms with Crippen molar-refractivity contribution in [2.45, 2.75) is 46.2 Å². The molecule has 0 N–H and O–H groups in total. The zero-order chi connectivity index (χ0) is 19.2. The normalized spacial score (nSPS) is 28.4. The maximum Gasteiger partial charge on any atom is 0.244 e. The largest absolute Gasteiger partial charge is 0.342 e. The lowest BCUT2D eigenvalue weighted by atomic mass is 9.79. The van der Waals surface area contributed by atoms with Crippen LogP contribution in [0.25, 0.3) is 0 Å². The molecule has 0 unspecified atom stereocenters. The Morgan fingerprint density at radius 3 is 2.56 bits per heavy atom. The van der Waals surface area contributed by atoms with E-state index in [-0.39, 0.29) is 24.3 Å². The van der Waals surface area contributed by atoms with Crippen LogP contribution >= 0.6 is 0 Å². The average Bonchev–Trinajstić information content (AvgIpc) is 3.37. The molecule has 0 radical (unpaired) electrons. The Morgan fingerprint density at radius 2 is 1.93 bits per heavy atom. The number of nitrogens with zero attached hydrogens (tertiary/aromatic N) is 5. The van der Waals surface area contributed by atoms with Crippen molar-refractivity contribution in [1.82, 2.24) is 24.5 Å². The number of hydrogen-bond acceptors (Lipinski definition) is 4. The Kier molecular flexibility index (Phi) is 4.74. The van der Waals surface area contributed by atoms with Gasteiger partial charge in [0.15, 0.2) is 0 Å². The van der Waals surface area contributed by atoms with Gasteiger partial charge in [0.1, 0.15) is 6.54 Å². The van der Waals surface area contributed by atoms with E-state index in [4.69, 9.17) is 0 Å². The molecule has 3 fully saturated rings. The molecule has 7 nitrogen and oxygen atoms in total. The molecule has 2 amide bonds. The van der Waals surface area contributed by atoms with E-state index in [0.29, 0.717) is 19.1 Å². The van der Waals surface area contributed by atoms with Gasteiger partial charge in [-0.1, -0.05) is 0 Å². The SMILES string of the molecule is Cc1ccn(CC(=O)N2C[C@@H]3CN(C(C)C)C[C@]3(C(=O)N3CCCC3)C2)n1. The van der Waals surface area contributed by atoms with Crippen LogP contribution in [0.2, 0.25) is 0 Å². The molecule has 0 aliphatic carbocycles. The first-order chi connectivity index (χ1) is 12.9. The number of likely N-dealkylation sites (tertiary alicyclic amines) is 3. The van der Waals surface area contributed by atoms with E-state index in [9.17, 15) is 9.59 Å². The van der Waals surface area contributed by atoms with Crippen LogP contribution in [0.5, 0.6) is 0 Å². The molecule has 3 saturated heterocycles. The number of carbonyl (C=O) groups excluding carboxylic acids is 2. The molecule has 0 spiro atoms. The third-order valence-electron chi connectivity index (χ3n) is 6.61. The van der Waals surface area contributed by atoms with Crippen LogP contribution in [0.15, 0.2) is 12.3 Å². The molecule has 1 aromatic heterocycles. The summed E-state index contributed by atoms with van der Waals surface area (Å²) in [6, 6.07) is 2.33. The number of aryl methyl sites for hydroxylation is 1. The third-order valence-corrected chi connectivity index (χ3v) is 6.61. The second kappa shape index (κ2) is 6.93. The number of fused-ring (bicyclic) bond motifs is 1. The van der Waals surface area contributed by atoms with Crippen molar-refractivity contribution in [3.05, 3.63) is 18.0 Å². The van der Waals surface area contributed by atoms with Gasteiger partial charge in [-0.05, 0) is 39.7 Å². The van der Waals surface area contributed by atoms with Crippen molar-refractivity contribution < 1.29 is 9.59 Å². The smallest absolute Gasteiger partial charge is 0.244 e. The van der Waals surface area contributed by atoms with Crippen LogP contribution in [0.3, 0.4) is 0 Å². The molecule has 3 aliphatic rings. The van der Waals surface area contributed by atoms with E-state index in [1.165, 1.54) is 0 Å². The van der Waals surface area contributed by atoms with Gasteiger partial charge in [-0.2, -0.15) is 5.10 Å². The first-order valence-electron chi connectivity index (χ1n) is 10.2. The van der Waals surface area contributed by atoms with Gasteiger partial charge in [0.2, 0.25) is 11.8 Å². The number of hydrogen-bond donors (Lipinski definition) is 0. The van der Waals surface area contributed by atoms with Gasteiger partial charge in [0, 0.05) is 57.4 Å². The van der Waals surface area contributed by atoms with Gasteiger partial charge in [-0.15, -0.1) is 0 Å². The maximum absolute atomic E-state index is 13.5. The van der Waals surface area contributed by atoms with E-state index in [1.54, 1.807) is 4.68 Å². The molecule has 1 aromatic rings. The average molecular weight is 374 g/mol. The van der Waals surface area contributed by atoms with Crippen molar-refractivity contribution in [3.8, 4) is 0 Å². The molecule has 2 atom stereocenters. The summed E-state index contributed by atoms with van der Waals surface area (Å²) in [5, 5.41) is 4.33. The minimum Gasteiger partial charge on any atom is -0.342 e.